The highest BCUT2D eigenvalue weighted by Crippen LogP contribution is 2.24. The van der Waals surface area contributed by atoms with Gasteiger partial charge in [-0.3, -0.25) is 9.59 Å². The number of amides is 3. The normalized spacial score (nSPS) is 16.0. The standard InChI is InChI=1S/C26H31F2N3O5/c1-25(2,3)36-24(34)31-26(10-12-35-13-11-26)23(33)30-21(22(29)32)14-16-4-6-17(7-5-16)18-8-9-19(27)20(28)15-18/h4-9,15,21H,10-14H2,1-3H3,(H2,29,32)(H,30,33)(H,31,34)/t21-/m0/s1. The van der Waals surface area contributed by atoms with Gasteiger partial charge in [-0.2, -0.15) is 0 Å². The topological polar surface area (TPSA) is 120 Å². The van der Waals surface area contributed by atoms with Crippen molar-refractivity contribution in [3.05, 3.63) is 59.7 Å². The zero-order valence-corrected chi connectivity index (χ0v) is 20.5. The second-order valence-corrected chi connectivity index (χ2v) is 9.78. The van der Waals surface area contributed by atoms with Gasteiger partial charge in [0, 0.05) is 32.5 Å². The summed E-state index contributed by atoms with van der Waals surface area (Å²) in [6.07, 6.45) is -0.250. The van der Waals surface area contributed by atoms with Gasteiger partial charge in [0.15, 0.2) is 11.6 Å². The molecule has 1 aliphatic heterocycles. The summed E-state index contributed by atoms with van der Waals surface area (Å²) in [5, 5.41) is 5.34. The van der Waals surface area contributed by atoms with Crippen LogP contribution in [0.15, 0.2) is 42.5 Å². The van der Waals surface area contributed by atoms with E-state index in [-0.39, 0.29) is 32.5 Å². The molecule has 2 aromatic carbocycles. The molecule has 1 heterocycles. The molecule has 3 rings (SSSR count). The van der Waals surface area contributed by atoms with Gasteiger partial charge in [-0.15, -0.1) is 0 Å². The smallest absolute Gasteiger partial charge is 0.408 e. The van der Waals surface area contributed by atoms with Crippen molar-refractivity contribution in [2.75, 3.05) is 13.2 Å². The summed E-state index contributed by atoms with van der Waals surface area (Å²) in [5.41, 5.74) is 5.34. The van der Waals surface area contributed by atoms with Gasteiger partial charge in [0.05, 0.1) is 0 Å². The second-order valence-electron chi connectivity index (χ2n) is 9.78. The maximum absolute atomic E-state index is 13.6. The highest BCUT2D eigenvalue weighted by Gasteiger charge is 2.43. The van der Waals surface area contributed by atoms with Crippen molar-refractivity contribution < 1.29 is 32.6 Å². The third kappa shape index (κ3) is 7.00. The maximum atomic E-state index is 13.6. The van der Waals surface area contributed by atoms with Crippen LogP contribution in [0.3, 0.4) is 0 Å². The fourth-order valence-electron chi connectivity index (χ4n) is 3.89. The van der Waals surface area contributed by atoms with E-state index in [9.17, 15) is 23.2 Å². The highest BCUT2D eigenvalue weighted by molar-refractivity contribution is 5.94. The highest BCUT2D eigenvalue weighted by atomic mass is 19.2. The number of nitrogens with two attached hydrogens (primary N) is 1. The molecule has 0 bridgehead atoms. The summed E-state index contributed by atoms with van der Waals surface area (Å²) in [4.78, 5) is 37.9. The number of alkyl carbamates (subject to hydrolysis) is 1. The quantitative estimate of drug-likeness (QED) is 0.536. The predicted molar refractivity (Wildman–Crippen MR) is 129 cm³/mol. The Labute approximate surface area is 208 Å². The number of ether oxygens (including phenoxy) is 2. The zero-order valence-electron chi connectivity index (χ0n) is 20.5. The molecule has 3 amide bonds. The number of halogens is 2. The number of benzene rings is 2. The van der Waals surface area contributed by atoms with Crippen LogP contribution in [0.4, 0.5) is 13.6 Å². The minimum Gasteiger partial charge on any atom is -0.444 e. The van der Waals surface area contributed by atoms with E-state index in [4.69, 9.17) is 15.2 Å². The van der Waals surface area contributed by atoms with Crippen LogP contribution in [0.25, 0.3) is 11.1 Å². The van der Waals surface area contributed by atoms with Crippen LogP contribution in [0.1, 0.15) is 39.2 Å². The Morgan fingerprint density at radius 3 is 2.19 bits per heavy atom. The monoisotopic (exact) mass is 503 g/mol. The summed E-state index contributed by atoms with van der Waals surface area (Å²) in [5.74, 6) is -3.18. The molecule has 0 radical (unpaired) electrons. The van der Waals surface area contributed by atoms with Crippen molar-refractivity contribution >= 4 is 17.9 Å². The van der Waals surface area contributed by atoms with E-state index in [0.29, 0.717) is 16.7 Å². The first-order valence-electron chi connectivity index (χ1n) is 11.6. The molecular formula is C26H31F2N3O5. The molecule has 1 atom stereocenters. The zero-order chi connectivity index (χ0) is 26.5. The molecule has 10 heteroatoms. The number of hydrogen-bond acceptors (Lipinski definition) is 5. The molecule has 2 aromatic rings. The van der Waals surface area contributed by atoms with E-state index in [0.717, 1.165) is 12.1 Å². The SMILES string of the molecule is CC(C)(C)OC(=O)NC1(C(=O)N[C@@H](Cc2ccc(-c3ccc(F)c(F)c3)cc2)C(N)=O)CCOCC1. The lowest BCUT2D eigenvalue weighted by atomic mass is 9.88. The van der Waals surface area contributed by atoms with Gasteiger partial charge >= 0.3 is 6.09 Å². The van der Waals surface area contributed by atoms with Crippen LogP contribution in [0.2, 0.25) is 0 Å². The van der Waals surface area contributed by atoms with Gasteiger partial charge in [0.1, 0.15) is 17.2 Å². The number of hydrogen-bond donors (Lipinski definition) is 3. The summed E-state index contributed by atoms with van der Waals surface area (Å²) in [7, 11) is 0. The molecule has 1 fully saturated rings. The first kappa shape index (κ1) is 27.1. The lowest BCUT2D eigenvalue weighted by Crippen LogP contribution is -2.64. The Morgan fingerprint density at radius 2 is 1.64 bits per heavy atom. The van der Waals surface area contributed by atoms with Crippen molar-refractivity contribution in [1.29, 1.82) is 0 Å². The third-order valence-electron chi connectivity index (χ3n) is 5.82. The fourth-order valence-corrected chi connectivity index (χ4v) is 3.89. The van der Waals surface area contributed by atoms with Gasteiger partial charge in [0.25, 0.3) is 0 Å². The van der Waals surface area contributed by atoms with Crippen LogP contribution >= 0.6 is 0 Å². The number of primary amides is 1. The van der Waals surface area contributed by atoms with E-state index in [1.54, 1.807) is 45.0 Å². The minimum absolute atomic E-state index is 0.0954. The summed E-state index contributed by atoms with van der Waals surface area (Å²) in [6.45, 7) is 5.63. The minimum atomic E-state index is -1.31. The molecule has 8 nitrogen and oxygen atoms in total. The summed E-state index contributed by atoms with van der Waals surface area (Å²) >= 11 is 0. The molecule has 1 aliphatic rings. The van der Waals surface area contributed by atoms with Crippen molar-refractivity contribution in [1.82, 2.24) is 10.6 Å². The Hall–Kier alpha value is -3.53. The van der Waals surface area contributed by atoms with Crippen LogP contribution in [0.5, 0.6) is 0 Å². The van der Waals surface area contributed by atoms with Gasteiger partial charge < -0.3 is 25.8 Å². The second kappa shape index (κ2) is 11.0. The molecule has 0 spiro atoms. The van der Waals surface area contributed by atoms with E-state index in [1.807, 2.05) is 0 Å². The summed E-state index contributed by atoms with van der Waals surface area (Å²) < 4.78 is 37.5. The van der Waals surface area contributed by atoms with Crippen LogP contribution in [-0.4, -0.2) is 48.3 Å². The first-order chi connectivity index (χ1) is 16.9. The van der Waals surface area contributed by atoms with E-state index in [2.05, 4.69) is 10.6 Å². The Bertz CT molecular complexity index is 1110. The predicted octanol–water partition coefficient (Wildman–Crippen LogP) is 3.22. The molecule has 4 N–H and O–H groups in total. The van der Waals surface area contributed by atoms with Crippen LogP contribution < -0.4 is 16.4 Å². The molecule has 0 saturated carbocycles. The average Bonchev–Trinajstić information content (AvgIpc) is 2.80. The van der Waals surface area contributed by atoms with Gasteiger partial charge in [-0.25, -0.2) is 13.6 Å². The fraction of sp³-hybridized carbons (Fsp3) is 0.423. The lowest BCUT2D eigenvalue weighted by Gasteiger charge is -2.37. The van der Waals surface area contributed by atoms with E-state index < -0.39 is 46.7 Å². The average molecular weight is 504 g/mol. The number of nitrogens with one attached hydrogen (secondary N) is 2. The largest absolute Gasteiger partial charge is 0.444 e. The molecule has 0 aliphatic carbocycles. The van der Waals surface area contributed by atoms with E-state index in [1.165, 1.54) is 6.07 Å². The Balaban J connectivity index is 1.73. The van der Waals surface area contributed by atoms with Crippen LogP contribution in [-0.2, 0) is 25.5 Å². The maximum Gasteiger partial charge on any atom is 0.408 e. The third-order valence-corrected chi connectivity index (χ3v) is 5.82. The van der Waals surface area contributed by atoms with E-state index >= 15 is 0 Å². The van der Waals surface area contributed by atoms with Gasteiger partial charge in [-0.05, 0) is 49.6 Å². The molecular weight excluding hydrogens is 472 g/mol. The number of rotatable bonds is 7. The van der Waals surface area contributed by atoms with Crippen molar-refractivity contribution in [2.45, 2.75) is 57.2 Å². The molecule has 0 unspecified atom stereocenters. The van der Waals surface area contributed by atoms with Crippen LogP contribution in [0, 0.1) is 11.6 Å². The number of carbonyl (C=O) groups excluding carboxylic acids is 3. The number of carbonyl (C=O) groups is 3. The molecule has 1 saturated heterocycles. The van der Waals surface area contributed by atoms with Crippen molar-refractivity contribution in [3.63, 3.8) is 0 Å². The van der Waals surface area contributed by atoms with Crippen molar-refractivity contribution in [3.8, 4) is 11.1 Å². The van der Waals surface area contributed by atoms with Gasteiger partial charge in [0.2, 0.25) is 11.8 Å². The Kier molecular flexibility index (Phi) is 8.29. The Morgan fingerprint density at radius 1 is 1.03 bits per heavy atom. The first-order valence-corrected chi connectivity index (χ1v) is 11.6. The summed E-state index contributed by atoms with van der Waals surface area (Å²) in [6, 6.07) is 9.38. The van der Waals surface area contributed by atoms with Crippen molar-refractivity contribution in [2.24, 2.45) is 5.73 Å². The molecule has 0 aromatic heterocycles. The van der Waals surface area contributed by atoms with Gasteiger partial charge in [-0.1, -0.05) is 30.3 Å². The lowest BCUT2D eigenvalue weighted by molar-refractivity contribution is -0.135. The molecule has 36 heavy (non-hydrogen) atoms. The molecule has 194 valence electrons.